The molecule has 0 aromatic heterocycles. The number of hydrogen-bond donors (Lipinski definition) is 2. The van der Waals surface area contributed by atoms with Crippen molar-refractivity contribution in [2.75, 3.05) is 26.3 Å². The van der Waals surface area contributed by atoms with Crippen molar-refractivity contribution in [3.05, 3.63) is 24.3 Å². The third kappa shape index (κ3) is 5.94. The third-order valence-electron chi connectivity index (χ3n) is 2.62. The molecule has 1 rings (SSSR count). The van der Waals surface area contributed by atoms with Crippen LogP contribution in [0.1, 0.15) is 27.2 Å². The Labute approximate surface area is 115 Å². The van der Waals surface area contributed by atoms with Gasteiger partial charge in [0.2, 0.25) is 0 Å². The first-order valence-corrected chi connectivity index (χ1v) is 6.86. The Hall–Kier alpha value is -1.26. The van der Waals surface area contributed by atoms with E-state index >= 15 is 0 Å². The first-order valence-electron chi connectivity index (χ1n) is 6.86. The lowest BCUT2D eigenvalue weighted by molar-refractivity contribution is 0.0116. The lowest BCUT2D eigenvalue weighted by Gasteiger charge is -2.24. The Morgan fingerprint density at radius 2 is 1.79 bits per heavy atom. The van der Waals surface area contributed by atoms with Gasteiger partial charge in [-0.2, -0.15) is 0 Å². The van der Waals surface area contributed by atoms with Gasteiger partial charge in [0, 0.05) is 6.54 Å². The monoisotopic (exact) mass is 267 g/mol. The van der Waals surface area contributed by atoms with Crippen LogP contribution in [0.25, 0.3) is 0 Å². The number of aliphatic hydroxyl groups is 1. The Kier molecular flexibility index (Phi) is 6.67. The molecule has 4 nitrogen and oxygen atoms in total. The van der Waals surface area contributed by atoms with Crippen molar-refractivity contribution < 1.29 is 14.6 Å². The SMILES string of the molecule is CCCNCC(C)(O)COc1ccccc1OCC. The van der Waals surface area contributed by atoms with E-state index in [2.05, 4.69) is 12.2 Å². The summed E-state index contributed by atoms with van der Waals surface area (Å²) in [5, 5.41) is 13.4. The summed E-state index contributed by atoms with van der Waals surface area (Å²) in [6.45, 7) is 8.02. The zero-order valence-corrected chi connectivity index (χ0v) is 12.1. The maximum absolute atomic E-state index is 10.2. The van der Waals surface area contributed by atoms with Crippen molar-refractivity contribution in [1.29, 1.82) is 0 Å². The minimum Gasteiger partial charge on any atom is -0.490 e. The zero-order valence-electron chi connectivity index (χ0n) is 12.1. The second kappa shape index (κ2) is 8.02. The normalized spacial score (nSPS) is 13.9. The number of benzene rings is 1. The van der Waals surface area contributed by atoms with Crippen LogP contribution < -0.4 is 14.8 Å². The Morgan fingerprint density at radius 1 is 1.16 bits per heavy atom. The van der Waals surface area contributed by atoms with Crippen molar-refractivity contribution in [2.24, 2.45) is 0 Å². The number of para-hydroxylation sites is 2. The molecule has 1 atom stereocenters. The van der Waals surface area contributed by atoms with E-state index in [0.717, 1.165) is 13.0 Å². The summed E-state index contributed by atoms with van der Waals surface area (Å²) in [5.41, 5.74) is -0.894. The lowest BCUT2D eigenvalue weighted by Crippen LogP contribution is -2.43. The van der Waals surface area contributed by atoms with E-state index in [1.807, 2.05) is 31.2 Å². The first kappa shape index (κ1) is 15.8. The molecule has 1 aromatic carbocycles. The summed E-state index contributed by atoms with van der Waals surface area (Å²) in [7, 11) is 0. The minimum absolute atomic E-state index is 0.230. The standard InChI is InChI=1S/C15H25NO3/c1-4-10-16-11-15(3,17)12-19-14-9-7-6-8-13(14)18-5-2/h6-9,16-17H,4-5,10-12H2,1-3H3. The highest BCUT2D eigenvalue weighted by Gasteiger charge is 2.21. The van der Waals surface area contributed by atoms with E-state index in [4.69, 9.17) is 9.47 Å². The second-order valence-electron chi connectivity index (χ2n) is 4.84. The molecule has 4 heteroatoms. The van der Waals surface area contributed by atoms with Crippen LogP contribution in [0.15, 0.2) is 24.3 Å². The van der Waals surface area contributed by atoms with Crippen molar-refractivity contribution >= 4 is 0 Å². The molecular weight excluding hydrogens is 242 g/mol. The van der Waals surface area contributed by atoms with Gasteiger partial charge in [-0.25, -0.2) is 0 Å². The molecular formula is C15H25NO3. The number of rotatable bonds is 9. The molecule has 2 N–H and O–H groups in total. The average Bonchev–Trinajstić information content (AvgIpc) is 2.38. The minimum atomic E-state index is -0.894. The van der Waals surface area contributed by atoms with Gasteiger partial charge in [0.25, 0.3) is 0 Å². The van der Waals surface area contributed by atoms with Gasteiger partial charge in [0.15, 0.2) is 11.5 Å². The molecule has 0 radical (unpaired) electrons. The highest BCUT2D eigenvalue weighted by Crippen LogP contribution is 2.27. The van der Waals surface area contributed by atoms with Crippen molar-refractivity contribution in [3.63, 3.8) is 0 Å². The fraction of sp³-hybridized carbons (Fsp3) is 0.600. The summed E-state index contributed by atoms with van der Waals surface area (Å²) >= 11 is 0. The number of hydrogen-bond acceptors (Lipinski definition) is 4. The highest BCUT2D eigenvalue weighted by molar-refractivity contribution is 5.39. The first-order chi connectivity index (χ1) is 9.09. The summed E-state index contributed by atoms with van der Waals surface area (Å²) in [4.78, 5) is 0. The molecule has 0 heterocycles. The summed E-state index contributed by atoms with van der Waals surface area (Å²) in [5.74, 6) is 1.38. The molecule has 0 saturated heterocycles. The molecule has 0 aliphatic carbocycles. The van der Waals surface area contributed by atoms with Gasteiger partial charge in [-0.05, 0) is 38.9 Å². The van der Waals surface area contributed by atoms with Gasteiger partial charge in [-0.15, -0.1) is 0 Å². The van der Waals surface area contributed by atoms with Crippen LogP contribution in [0.2, 0.25) is 0 Å². The van der Waals surface area contributed by atoms with Crippen LogP contribution in [0, 0.1) is 0 Å². The topological polar surface area (TPSA) is 50.7 Å². The van der Waals surface area contributed by atoms with Gasteiger partial charge < -0.3 is 19.9 Å². The number of ether oxygens (including phenoxy) is 2. The van der Waals surface area contributed by atoms with Gasteiger partial charge in [0.05, 0.1) is 6.61 Å². The molecule has 0 amide bonds. The fourth-order valence-corrected chi connectivity index (χ4v) is 1.66. The van der Waals surface area contributed by atoms with Crippen LogP contribution in [0.3, 0.4) is 0 Å². The van der Waals surface area contributed by atoms with Gasteiger partial charge in [-0.1, -0.05) is 19.1 Å². The fourth-order valence-electron chi connectivity index (χ4n) is 1.66. The van der Waals surface area contributed by atoms with Crippen LogP contribution in [-0.4, -0.2) is 37.0 Å². The van der Waals surface area contributed by atoms with E-state index < -0.39 is 5.60 Å². The summed E-state index contributed by atoms with van der Waals surface area (Å²) in [6.07, 6.45) is 1.05. The molecule has 0 bridgehead atoms. The van der Waals surface area contributed by atoms with Gasteiger partial charge in [0.1, 0.15) is 12.2 Å². The molecule has 108 valence electrons. The third-order valence-corrected chi connectivity index (χ3v) is 2.62. The zero-order chi connectivity index (χ0) is 14.1. The predicted molar refractivity (Wildman–Crippen MR) is 76.9 cm³/mol. The Morgan fingerprint density at radius 3 is 2.37 bits per heavy atom. The molecule has 1 unspecified atom stereocenters. The van der Waals surface area contributed by atoms with E-state index in [1.165, 1.54) is 0 Å². The average molecular weight is 267 g/mol. The van der Waals surface area contributed by atoms with Crippen molar-refractivity contribution in [3.8, 4) is 11.5 Å². The van der Waals surface area contributed by atoms with Crippen molar-refractivity contribution in [2.45, 2.75) is 32.8 Å². The highest BCUT2D eigenvalue weighted by atomic mass is 16.5. The molecule has 1 aromatic rings. The van der Waals surface area contributed by atoms with E-state index in [0.29, 0.717) is 24.7 Å². The molecule has 0 fully saturated rings. The van der Waals surface area contributed by atoms with Crippen molar-refractivity contribution in [1.82, 2.24) is 5.32 Å². The van der Waals surface area contributed by atoms with E-state index in [-0.39, 0.29) is 6.61 Å². The van der Waals surface area contributed by atoms with E-state index in [9.17, 15) is 5.11 Å². The summed E-state index contributed by atoms with van der Waals surface area (Å²) < 4.78 is 11.1. The smallest absolute Gasteiger partial charge is 0.161 e. The Balaban J connectivity index is 2.50. The van der Waals surface area contributed by atoms with Crippen LogP contribution in [-0.2, 0) is 0 Å². The Bertz CT molecular complexity index is 366. The van der Waals surface area contributed by atoms with E-state index in [1.54, 1.807) is 6.92 Å². The molecule has 0 aliphatic rings. The maximum atomic E-state index is 10.2. The predicted octanol–water partition coefficient (Wildman–Crippen LogP) is 2.21. The maximum Gasteiger partial charge on any atom is 0.161 e. The lowest BCUT2D eigenvalue weighted by atomic mass is 10.1. The summed E-state index contributed by atoms with van der Waals surface area (Å²) in [6, 6.07) is 7.50. The van der Waals surface area contributed by atoms with Crippen LogP contribution >= 0.6 is 0 Å². The second-order valence-corrected chi connectivity index (χ2v) is 4.84. The molecule has 0 saturated carbocycles. The molecule has 0 aliphatic heterocycles. The number of nitrogens with one attached hydrogen (secondary N) is 1. The molecule has 19 heavy (non-hydrogen) atoms. The quantitative estimate of drug-likeness (QED) is 0.674. The largest absolute Gasteiger partial charge is 0.490 e. The van der Waals surface area contributed by atoms with Gasteiger partial charge in [-0.3, -0.25) is 0 Å². The molecule has 0 spiro atoms. The van der Waals surface area contributed by atoms with Crippen LogP contribution in [0.4, 0.5) is 0 Å². The van der Waals surface area contributed by atoms with Crippen LogP contribution in [0.5, 0.6) is 11.5 Å². The van der Waals surface area contributed by atoms with Gasteiger partial charge >= 0.3 is 0 Å².